The van der Waals surface area contributed by atoms with Crippen LogP contribution in [0.4, 0.5) is 13.2 Å². The van der Waals surface area contributed by atoms with Gasteiger partial charge in [-0.1, -0.05) is 29.4 Å². The first kappa shape index (κ1) is 18.3. The first-order valence-corrected chi connectivity index (χ1v) is 7.35. The van der Waals surface area contributed by atoms with Gasteiger partial charge in [-0.05, 0) is 18.6 Å². The normalized spacial score (nSPS) is 14.8. The summed E-state index contributed by atoms with van der Waals surface area (Å²) in [6.07, 6.45) is -7.04. The summed E-state index contributed by atoms with van der Waals surface area (Å²) in [6.45, 7) is 1.38. The molecule has 0 radical (unpaired) electrons. The molecule has 118 valence electrons. The van der Waals surface area contributed by atoms with E-state index in [2.05, 4.69) is 0 Å². The third-order valence-electron chi connectivity index (χ3n) is 2.73. The maximum Gasteiger partial charge on any atom is 0.416 e. The Balaban J connectivity index is 2.78. The van der Waals surface area contributed by atoms with Crippen molar-refractivity contribution in [3.8, 4) is 0 Å². The molecule has 0 spiro atoms. The van der Waals surface area contributed by atoms with E-state index >= 15 is 0 Å². The highest BCUT2D eigenvalue weighted by atomic mass is 35.5. The molecule has 0 saturated heterocycles. The summed E-state index contributed by atoms with van der Waals surface area (Å²) in [4.78, 5) is 10.7. The van der Waals surface area contributed by atoms with Crippen LogP contribution >= 0.6 is 23.4 Å². The second-order valence-electron chi connectivity index (χ2n) is 4.37. The van der Waals surface area contributed by atoms with E-state index in [0.717, 1.165) is 23.9 Å². The molecule has 1 aromatic rings. The predicted octanol–water partition coefficient (Wildman–Crippen LogP) is 3.42. The Hall–Kier alpha value is -0.760. The number of alkyl halides is 3. The van der Waals surface area contributed by atoms with Crippen molar-refractivity contribution in [2.75, 3.05) is 5.75 Å². The van der Waals surface area contributed by atoms with E-state index < -0.39 is 23.9 Å². The van der Waals surface area contributed by atoms with Crippen LogP contribution in [0.25, 0.3) is 0 Å². The lowest BCUT2D eigenvalue weighted by Gasteiger charge is -2.19. The molecule has 2 N–H and O–H groups in total. The fourth-order valence-corrected chi connectivity index (χ4v) is 2.57. The molecule has 0 aliphatic carbocycles. The Morgan fingerprint density at radius 3 is 2.48 bits per heavy atom. The van der Waals surface area contributed by atoms with Crippen molar-refractivity contribution in [1.29, 1.82) is 0 Å². The Kier molecular flexibility index (Phi) is 6.52. The molecular formula is C13H14ClF3O3S. The molecule has 8 heteroatoms. The number of rotatable bonds is 5. The van der Waals surface area contributed by atoms with Gasteiger partial charge in [0.15, 0.2) is 5.12 Å². The molecule has 0 heterocycles. The first-order valence-electron chi connectivity index (χ1n) is 5.99. The zero-order valence-corrected chi connectivity index (χ0v) is 12.6. The van der Waals surface area contributed by atoms with Gasteiger partial charge < -0.3 is 10.2 Å². The van der Waals surface area contributed by atoms with E-state index in [1.54, 1.807) is 0 Å². The summed E-state index contributed by atoms with van der Waals surface area (Å²) in [5.41, 5.74) is -0.907. The number of thioether (sulfide) groups is 1. The van der Waals surface area contributed by atoms with Gasteiger partial charge in [-0.2, -0.15) is 13.2 Å². The second-order valence-corrected chi connectivity index (χ2v) is 6.05. The zero-order valence-electron chi connectivity index (χ0n) is 11.0. The number of aliphatic hydroxyl groups excluding tert-OH is 2. The molecule has 0 fully saturated rings. The summed E-state index contributed by atoms with van der Waals surface area (Å²) in [5.74, 6) is 0.297. The van der Waals surface area contributed by atoms with Crippen molar-refractivity contribution >= 4 is 28.5 Å². The van der Waals surface area contributed by atoms with E-state index in [1.807, 2.05) is 0 Å². The fourth-order valence-electron chi connectivity index (χ4n) is 1.63. The molecular weight excluding hydrogens is 329 g/mol. The van der Waals surface area contributed by atoms with Crippen molar-refractivity contribution in [3.63, 3.8) is 0 Å². The molecule has 0 aliphatic rings. The van der Waals surface area contributed by atoms with Crippen molar-refractivity contribution in [1.82, 2.24) is 0 Å². The van der Waals surface area contributed by atoms with Gasteiger partial charge in [-0.3, -0.25) is 4.79 Å². The third kappa shape index (κ3) is 5.50. The van der Waals surface area contributed by atoms with Crippen LogP contribution in [-0.2, 0) is 11.0 Å². The summed E-state index contributed by atoms with van der Waals surface area (Å²) in [5, 5.41) is 19.3. The molecule has 1 rings (SSSR count). The minimum Gasteiger partial charge on any atom is -0.390 e. The van der Waals surface area contributed by atoms with Gasteiger partial charge in [0.25, 0.3) is 0 Å². The minimum atomic E-state index is -4.52. The van der Waals surface area contributed by atoms with Gasteiger partial charge in [0.2, 0.25) is 0 Å². The maximum absolute atomic E-state index is 12.5. The quantitative estimate of drug-likeness (QED) is 0.861. The van der Waals surface area contributed by atoms with E-state index in [1.165, 1.54) is 6.92 Å². The van der Waals surface area contributed by atoms with Crippen LogP contribution < -0.4 is 0 Å². The average Bonchev–Trinajstić information content (AvgIpc) is 2.36. The van der Waals surface area contributed by atoms with Gasteiger partial charge in [-0.15, -0.1) is 0 Å². The van der Waals surface area contributed by atoms with E-state index in [4.69, 9.17) is 11.6 Å². The highest BCUT2D eigenvalue weighted by molar-refractivity contribution is 8.13. The van der Waals surface area contributed by atoms with Crippen LogP contribution in [0.15, 0.2) is 18.2 Å². The standard InChI is InChI=1S/C13H14ClF3O3S/c1-7(18)21-5-4-11(19)12(20)9-3-2-8(6-10(9)14)13(15,16)17/h2-3,6,11-12,19-20H,4-5H2,1H3. The van der Waals surface area contributed by atoms with E-state index in [-0.39, 0.29) is 22.1 Å². The number of carbonyl (C=O) groups excluding carboxylic acids is 1. The Morgan fingerprint density at radius 2 is 2.00 bits per heavy atom. The molecule has 0 aliphatic heterocycles. The smallest absolute Gasteiger partial charge is 0.390 e. The van der Waals surface area contributed by atoms with Crippen LogP contribution in [0.1, 0.15) is 30.6 Å². The Labute approximate surface area is 129 Å². The van der Waals surface area contributed by atoms with E-state index in [0.29, 0.717) is 11.8 Å². The first-order chi connectivity index (χ1) is 9.62. The summed E-state index contributed by atoms with van der Waals surface area (Å²) < 4.78 is 37.5. The molecule has 0 saturated carbocycles. The summed E-state index contributed by atoms with van der Waals surface area (Å²) in [6, 6.07) is 2.54. The topological polar surface area (TPSA) is 57.5 Å². The zero-order chi connectivity index (χ0) is 16.2. The number of hydrogen-bond donors (Lipinski definition) is 2. The van der Waals surface area contributed by atoms with Crippen molar-refractivity contribution in [2.24, 2.45) is 0 Å². The third-order valence-corrected chi connectivity index (χ3v) is 3.90. The van der Waals surface area contributed by atoms with Gasteiger partial charge >= 0.3 is 6.18 Å². The maximum atomic E-state index is 12.5. The van der Waals surface area contributed by atoms with Gasteiger partial charge in [0.1, 0.15) is 6.10 Å². The molecule has 2 unspecified atom stereocenters. The van der Waals surface area contributed by atoms with E-state index in [9.17, 15) is 28.2 Å². The van der Waals surface area contributed by atoms with Crippen molar-refractivity contribution in [2.45, 2.75) is 31.7 Å². The largest absolute Gasteiger partial charge is 0.416 e. The number of carbonyl (C=O) groups is 1. The average molecular weight is 343 g/mol. The fraction of sp³-hybridized carbons (Fsp3) is 0.462. The molecule has 3 nitrogen and oxygen atoms in total. The molecule has 2 atom stereocenters. The molecule has 0 bridgehead atoms. The highest BCUT2D eigenvalue weighted by Gasteiger charge is 2.32. The number of benzene rings is 1. The van der Waals surface area contributed by atoms with Crippen LogP contribution in [0, 0.1) is 0 Å². The van der Waals surface area contributed by atoms with Crippen LogP contribution in [-0.4, -0.2) is 27.2 Å². The molecule has 1 aromatic carbocycles. The van der Waals surface area contributed by atoms with Crippen LogP contribution in [0.2, 0.25) is 5.02 Å². The highest BCUT2D eigenvalue weighted by Crippen LogP contribution is 2.34. The van der Waals surface area contributed by atoms with Crippen molar-refractivity contribution in [3.05, 3.63) is 34.3 Å². The van der Waals surface area contributed by atoms with Crippen LogP contribution in [0.3, 0.4) is 0 Å². The molecule has 21 heavy (non-hydrogen) atoms. The SMILES string of the molecule is CC(=O)SCCC(O)C(O)c1ccc(C(F)(F)F)cc1Cl. The number of hydrogen-bond acceptors (Lipinski definition) is 4. The summed E-state index contributed by atoms with van der Waals surface area (Å²) >= 11 is 6.72. The lowest BCUT2D eigenvalue weighted by molar-refractivity contribution is -0.137. The lowest BCUT2D eigenvalue weighted by atomic mass is 10.0. The Morgan fingerprint density at radius 1 is 1.38 bits per heavy atom. The number of halogens is 4. The minimum absolute atomic E-state index is 0.0185. The Bertz CT molecular complexity index is 508. The van der Waals surface area contributed by atoms with Crippen LogP contribution in [0.5, 0.6) is 0 Å². The van der Waals surface area contributed by atoms with Gasteiger partial charge in [0.05, 0.1) is 11.7 Å². The molecule has 0 amide bonds. The molecule has 0 aromatic heterocycles. The van der Waals surface area contributed by atoms with Gasteiger partial charge in [-0.25, -0.2) is 0 Å². The predicted molar refractivity (Wildman–Crippen MR) is 75.2 cm³/mol. The summed E-state index contributed by atoms with van der Waals surface area (Å²) in [7, 11) is 0. The number of aliphatic hydroxyl groups is 2. The van der Waals surface area contributed by atoms with Gasteiger partial charge in [0, 0.05) is 23.3 Å². The second kappa shape index (κ2) is 7.49. The van der Waals surface area contributed by atoms with Crippen molar-refractivity contribution < 1.29 is 28.2 Å². The lowest BCUT2D eigenvalue weighted by Crippen LogP contribution is -2.20. The monoisotopic (exact) mass is 342 g/mol.